The van der Waals surface area contributed by atoms with Gasteiger partial charge in [0.15, 0.2) is 0 Å². The molecule has 1 aliphatic carbocycles. The highest BCUT2D eigenvalue weighted by atomic mass is 19.1. The number of benzene rings is 1. The smallest absolute Gasteiger partial charge is 0.124 e. The van der Waals surface area contributed by atoms with E-state index in [9.17, 15) is 4.39 Å². The molecule has 0 aromatic heterocycles. The second-order valence-electron chi connectivity index (χ2n) is 4.20. The van der Waals surface area contributed by atoms with Crippen molar-refractivity contribution in [3.8, 4) is 6.07 Å². The molecular weight excluding hydrogens is 203 g/mol. The van der Waals surface area contributed by atoms with Gasteiger partial charge in [0.05, 0.1) is 11.3 Å². The third-order valence-electron chi connectivity index (χ3n) is 2.84. The second kappa shape index (κ2) is 4.52. The molecule has 0 aliphatic heterocycles. The van der Waals surface area contributed by atoms with Gasteiger partial charge in [-0.05, 0) is 37.5 Å². The Bertz CT molecular complexity index is 418. The van der Waals surface area contributed by atoms with Crippen molar-refractivity contribution in [1.82, 2.24) is 0 Å². The molecule has 1 aromatic rings. The minimum atomic E-state index is -0.340. The topological polar surface area (TPSA) is 27.0 Å². The quantitative estimate of drug-likeness (QED) is 0.776. The number of halogens is 1. The van der Waals surface area contributed by atoms with E-state index < -0.39 is 0 Å². The van der Waals surface area contributed by atoms with Gasteiger partial charge in [0.2, 0.25) is 0 Å². The molecule has 0 unspecified atom stereocenters. The molecule has 16 heavy (non-hydrogen) atoms. The van der Waals surface area contributed by atoms with E-state index in [1.54, 1.807) is 6.07 Å². The average Bonchev–Trinajstić information content (AvgIpc) is 3.10. The maximum Gasteiger partial charge on any atom is 0.124 e. The second-order valence-corrected chi connectivity index (χ2v) is 4.20. The summed E-state index contributed by atoms with van der Waals surface area (Å²) in [5.74, 6) is -0.340. The lowest BCUT2D eigenvalue weighted by Crippen LogP contribution is -2.27. The maximum absolute atomic E-state index is 13.0. The summed E-state index contributed by atoms with van der Waals surface area (Å²) in [7, 11) is 0. The minimum absolute atomic E-state index is 0.340. The standard InChI is InChI=1S/C13H15FN2/c1-2-7-16(12-4-5-12)13-6-3-11(14)8-10(13)9-15/h3,6,8,12H,2,4-5,7H2,1H3. The summed E-state index contributed by atoms with van der Waals surface area (Å²) >= 11 is 0. The largest absolute Gasteiger partial charge is 0.367 e. The highest BCUT2D eigenvalue weighted by Crippen LogP contribution is 2.33. The molecule has 0 bridgehead atoms. The lowest BCUT2D eigenvalue weighted by Gasteiger charge is -2.25. The fourth-order valence-electron chi connectivity index (χ4n) is 1.98. The van der Waals surface area contributed by atoms with Crippen molar-refractivity contribution in [2.45, 2.75) is 32.2 Å². The van der Waals surface area contributed by atoms with Gasteiger partial charge in [0, 0.05) is 12.6 Å². The first-order valence-electron chi connectivity index (χ1n) is 5.72. The Kier molecular flexibility index (Phi) is 3.09. The maximum atomic E-state index is 13.0. The molecule has 1 fully saturated rings. The summed E-state index contributed by atoms with van der Waals surface area (Å²) in [6, 6.07) is 7.11. The first kappa shape index (κ1) is 10.9. The van der Waals surface area contributed by atoms with Crippen LogP contribution in [-0.4, -0.2) is 12.6 Å². The van der Waals surface area contributed by atoms with Crippen molar-refractivity contribution in [1.29, 1.82) is 5.26 Å². The van der Waals surface area contributed by atoms with Crippen LogP contribution in [0, 0.1) is 17.1 Å². The number of hydrogen-bond acceptors (Lipinski definition) is 2. The number of anilines is 1. The van der Waals surface area contributed by atoms with E-state index in [0.29, 0.717) is 11.6 Å². The SMILES string of the molecule is CCCN(c1ccc(F)cc1C#N)C1CC1. The summed E-state index contributed by atoms with van der Waals surface area (Å²) in [5, 5.41) is 9.02. The summed E-state index contributed by atoms with van der Waals surface area (Å²) in [4.78, 5) is 2.23. The van der Waals surface area contributed by atoms with Gasteiger partial charge in [0.25, 0.3) is 0 Å². The van der Waals surface area contributed by atoms with Crippen molar-refractivity contribution >= 4 is 5.69 Å². The van der Waals surface area contributed by atoms with E-state index in [2.05, 4.69) is 17.9 Å². The van der Waals surface area contributed by atoms with E-state index >= 15 is 0 Å². The zero-order valence-electron chi connectivity index (χ0n) is 9.41. The zero-order chi connectivity index (χ0) is 11.5. The number of rotatable bonds is 4. The minimum Gasteiger partial charge on any atom is -0.367 e. The van der Waals surface area contributed by atoms with Crippen molar-refractivity contribution in [3.05, 3.63) is 29.6 Å². The van der Waals surface area contributed by atoms with Crippen LogP contribution in [0.5, 0.6) is 0 Å². The van der Waals surface area contributed by atoms with Crippen molar-refractivity contribution in [3.63, 3.8) is 0 Å². The van der Waals surface area contributed by atoms with Crippen LogP contribution < -0.4 is 4.90 Å². The Morgan fingerprint density at radius 1 is 1.50 bits per heavy atom. The first-order chi connectivity index (χ1) is 7.76. The van der Waals surface area contributed by atoms with Crippen molar-refractivity contribution in [2.24, 2.45) is 0 Å². The van der Waals surface area contributed by atoms with Gasteiger partial charge in [-0.15, -0.1) is 0 Å². The van der Waals surface area contributed by atoms with Gasteiger partial charge in [-0.25, -0.2) is 4.39 Å². The van der Waals surface area contributed by atoms with Gasteiger partial charge in [-0.3, -0.25) is 0 Å². The monoisotopic (exact) mass is 218 g/mol. The van der Waals surface area contributed by atoms with Gasteiger partial charge < -0.3 is 4.90 Å². The van der Waals surface area contributed by atoms with Crippen LogP contribution in [0.15, 0.2) is 18.2 Å². The molecular formula is C13H15FN2. The summed E-state index contributed by atoms with van der Waals surface area (Å²) in [6.45, 7) is 3.05. The Labute approximate surface area is 95.3 Å². The molecule has 3 heteroatoms. The fraction of sp³-hybridized carbons (Fsp3) is 0.462. The lowest BCUT2D eigenvalue weighted by atomic mass is 10.1. The third-order valence-corrected chi connectivity index (χ3v) is 2.84. The van der Waals surface area contributed by atoms with E-state index in [-0.39, 0.29) is 5.82 Å². The number of hydrogen-bond donors (Lipinski definition) is 0. The van der Waals surface area contributed by atoms with E-state index in [0.717, 1.165) is 18.7 Å². The first-order valence-corrected chi connectivity index (χ1v) is 5.72. The zero-order valence-corrected chi connectivity index (χ0v) is 9.41. The van der Waals surface area contributed by atoms with Crippen LogP contribution in [0.4, 0.5) is 10.1 Å². The van der Waals surface area contributed by atoms with E-state index in [4.69, 9.17) is 5.26 Å². The molecule has 2 nitrogen and oxygen atoms in total. The molecule has 1 saturated carbocycles. The van der Waals surface area contributed by atoms with Crippen LogP contribution in [-0.2, 0) is 0 Å². The number of nitrogens with zero attached hydrogens (tertiary/aromatic N) is 2. The Morgan fingerprint density at radius 3 is 2.81 bits per heavy atom. The molecule has 0 saturated heterocycles. The molecule has 84 valence electrons. The van der Waals surface area contributed by atoms with Crippen LogP contribution in [0.2, 0.25) is 0 Å². The molecule has 1 aromatic carbocycles. The van der Waals surface area contributed by atoms with E-state index in [1.165, 1.54) is 25.0 Å². The predicted molar refractivity (Wildman–Crippen MR) is 61.8 cm³/mol. The summed E-state index contributed by atoms with van der Waals surface area (Å²) in [5.41, 5.74) is 1.33. The number of nitriles is 1. The Morgan fingerprint density at radius 2 is 2.25 bits per heavy atom. The molecule has 0 radical (unpaired) electrons. The van der Waals surface area contributed by atoms with Crippen molar-refractivity contribution in [2.75, 3.05) is 11.4 Å². The highest BCUT2D eigenvalue weighted by Gasteiger charge is 2.29. The normalized spacial score (nSPS) is 14.6. The van der Waals surface area contributed by atoms with Gasteiger partial charge in [-0.2, -0.15) is 5.26 Å². The predicted octanol–water partition coefficient (Wildman–Crippen LogP) is 3.08. The van der Waals surface area contributed by atoms with Gasteiger partial charge in [-0.1, -0.05) is 6.92 Å². The van der Waals surface area contributed by atoms with E-state index in [1.807, 2.05) is 0 Å². The Hall–Kier alpha value is -1.56. The average molecular weight is 218 g/mol. The van der Waals surface area contributed by atoms with Crippen LogP contribution >= 0.6 is 0 Å². The summed E-state index contributed by atoms with van der Waals surface area (Å²) in [6.07, 6.45) is 3.41. The summed E-state index contributed by atoms with van der Waals surface area (Å²) < 4.78 is 13.0. The molecule has 0 N–H and O–H groups in total. The van der Waals surface area contributed by atoms with Crippen molar-refractivity contribution < 1.29 is 4.39 Å². The Balaban J connectivity index is 2.33. The fourth-order valence-corrected chi connectivity index (χ4v) is 1.98. The van der Waals surface area contributed by atoms with Crippen LogP contribution in [0.3, 0.4) is 0 Å². The van der Waals surface area contributed by atoms with Gasteiger partial charge in [0.1, 0.15) is 11.9 Å². The molecule has 0 heterocycles. The van der Waals surface area contributed by atoms with Crippen LogP contribution in [0.1, 0.15) is 31.7 Å². The lowest BCUT2D eigenvalue weighted by molar-refractivity contribution is 0.626. The molecule has 0 spiro atoms. The molecule has 1 aliphatic rings. The van der Waals surface area contributed by atoms with Crippen LogP contribution in [0.25, 0.3) is 0 Å². The molecule has 0 amide bonds. The molecule has 0 atom stereocenters. The highest BCUT2D eigenvalue weighted by molar-refractivity contribution is 5.60. The molecule has 2 rings (SSSR count). The van der Waals surface area contributed by atoms with Gasteiger partial charge >= 0.3 is 0 Å². The third kappa shape index (κ3) is 2.16.